The maximum absolute atomic E-state index is 14.4. The van der Waals surface area contributed by atoms with E-state index in [0.717, 1.165) is 11.1 Å². The van der Waals surface area contributed by atoms with E-state index in [1.165, 1.54) is 36.4 Å². The minimum Gasteiger partial charge on any atom is -0.487 e. The van der Waals surface area contributed by atoms with Crippen LogP contribution in [0, 0.1) is 13.8 Å². The fourth-order valence-electron chi connectivity index (χ4n) is 8.49. The lowest BCUT2D eigenvalue weighted by atomic mass is 10.1. The van der Waals surface area contributed by atoms with Crippen molar-refractivity contribution in [3.8, 4) is 11.5 Å². The number of hydrogen-bond donors (Lipinski definition) is 0. The van der Waals surface area contributed by atoms with Crippen LogP contribution in [0.5, 0.6) is 11.5 Å². The molecule has 23 heteroatoms. The number of benzene rings is 4. The smallest absolute Gasteiger partial charge is 0.487 e. The number of aliphatic imine (C=N–C) groups is 4. The van der Waals surface area contributed by atoms with E-state index in [1.807, 2.05) is 93.8 Å². The van der Waals surface area contributed by atoms with Gasteiger partial charge in [0.05, 0.1) is 0 Å². The van der Waals surface area contributed by atoms with Crippen molar-refractivity contribution in [1.82, 2.24) is 8.47 Å². The Kier molecular flexibility index (Phi) is 10.8. The topological polar surface area (TPSA) is 121 Å². The minimum atomic E-state index is -4.64. The van der Waals surface area contributed by atoms with E-state index in [-0.39, 0.29) is 50.9 Å². The lowest BCUT2D eigenvalue weighted by molar-refractivity contribution is -0.148. The Morgan fingerprint density at radius 1 is 0.493 bits per heavy atom. The average Bonchev–Trinajstić information content (AvgIpc) is 3.95. The number of ether oxygens (including phenoxy) is 2. The van der Waals surface area contributed by atoms with Crippen LogP contribution >= 0.6 is 0 Å². The van der Waals surface area contributed by atoms with Crippen molar-refractivity contribution in [2.75, 3.05) is 13.2 Å². The highest BCUT2D eigenvalue weighted by molar-refractivity contribution is 6.87. The Hall–Kier alpha value is -6.15. The molecule has 10 rings (SSSR count). The fourth-order valence-corrected chi connectivity index (χ4v) is 18.8. The van der Waals surface area contributed by atoms with Crippen LogP contribution in [0.15, 0.2) is 103 Å². The molecule has 0 spiro atoms. The molecule has 69 heavy (non-hydrogen) atoms. The molecule has 0 fully saturated rings. The molecule has 6 aromatic rings. The first-order valence-electron chi connectivity index (χ1n) is 21.7. The summed E-state index contributed by atoms with van der Waals surface area (Å²) < 4.78 is 140. The standard InChI is InChI=1S/C46H42F8N8O4Si3/c1-23-9-13-27-31(17-23)37-55-35(27)58-42-34-20-26(64-22-46(53,54)44(49)50)12-16-30(34)40-60-38-32-19-25(63-21-45(51,52)43(47)48)11-15-28(32)36(56-38)57-41-33-18-24(2)10-14-29(33)39(59-37)61(41)69(62(40)42,65-67(3,4)5)66-68(6,7)8/h9-20,43-44H,21-22H2,1-8H3/b57-36-,57-41?,58-35?,58-42-,59-37-,59-39?,60-38?,60-40-. The van der Waals surface area contributed by atoms with Crippen LogP contribution in [-0.4, -0.2) is 95.2 Å². The molecule has 4 aliphatic heterocycles. The molecule has 0 amide bonds. The summed E-state index contributed by atoms with van der Waals surface area (Å²) in [5.74, 6) is -7.99. The molecule has 358 valence electrons. The third-order valence-corrected chi connectivity index (χ3v) is 20.3. The maximum atomic E-state index is 14.4. The van der Waals surface area contributed by atoms with Gasteiger partial charge in [-0.15, -0.1) is 0 Å². The number of halogens is 8. The number of aromatic nitrogens is 2. The number of aryl methyl sites for hydroxylation is 2. The van der Waals surface area contributed by atoms with Gasteiger partial charge < -0.3 is 17.7 Å². The van der Waals surface area contributed by atoms with Crippen molar-refractivity contribution < 1.29 is 52.8 Å². The van der Waals surface area contributed by atoms with Crippen LogP contribution < -0.4 is 20.4 Å². The summed E-state index contributed by atoms with van der Waals surface area (Å²) in [5, 5.41) is 1.82. The van der Waals surface area contributed by atoms with Crippen LogP contribution in [0.4, 0.5) is 46.8 Å². The Labute approximate surface area is 391 Å². The summed E-state index contributed by atoms with van der Waals surface area (Å²) in [5.41, 5.74) is 3.92. The van der Waals surface area contributed by atoms with Gasteiger partial charge in [0, 0.05) is 43.8 Å². The summed E-state index contributed by atoms with van der Waals surface area (Å²) in [4.78, 5) is 31.3. The van der Waals surface area contributed by atoms with Crippen molar-refractivity contribution in [2.24, 2.45) is 30.0 Å². The molecule has 4 aromatic carbocycles. The quantitative estimate of drug-likeness (QED) is 0.0895. The van der Waals surface area contributed by atoms with E-state index in [4.69, 9.17) is 47.7 Å². The molecule has 0 radical (unpaired) electrons. The van der Waals surface area contributed by atoms with Crippen molar-refractivity contribution >= 4 is 82.0 Å². The van der Waals surface area contributed by atoms with Gasteiger partial charge in [-0.05, 0) is 102 Å². The van der Waals surface area contributed by atoms with Crippen LogP contribution in [0.1, 0.15) is 33.4 Å². The number of nitrogens with zero attached hydrogens (tertiary/aromatic N) is 8. The molecule has 2 aromatic heterocycles. The van der Waals surface area contributed by atoms with Gasteiger partial charge in [-0.25, -0.2) is 47.5 Å². The molecular formula is C46H42F8N8O4Si3. The zero-order chi connectivity index (χ0) is 49.3. The first-order chi connectivity index (χ1) is 32.3. The molecule has 6 heterocycles. The molecule has 0 unspecified atom stereocenters. The van der Waals surface area contributed by atoms with Gasteiger partial charge in [-0.1, -0.05) is 35.4 Å². The highest BCUT2D eigenvalue weighted by atomic mass is 28.5. The van der Waals surface area contributed by atoms with Crippen molar-refractivity contribution in [3.05, 3.63) is 117 Å². The molecule has 12 nitrogen and oxygen atoms in total. The number of alkyl halides is 8. The Morgan fingerprint density at radius 3 is 1.54 bits per heavy atom. The number of hydrogen-bond acceptors (Lipinski definition) is 10. The van der Waals surface area contributed by atoms with E-state index in [9.17, 15) is 35.1 Å². The molecule has 4 aliphatic rings. The first-order valence-corrected chi connectivity index (χ1v) is 30.2. The first kappa shape index (κ1) is 46.6. The minimum absolute atomic E-state index is 0.00465. The van der Waals surface area contributed by atoms with Crippen molar-refractivity contribution in [3.63, 3.8) is 0 Å². The molecule has 0 aliphatic carbocycles. The highest BCUT2D eigenvalue weighted by Gasteiger charge is 2.57. The van der Waals surface area contributed by atoms with Crippen LogP contribution in [0.2, 0.25) is 39.3 Å². The largest absolute Gasteiger partial charge is 0.582 e. The summed E-state index contributed by atoms with van der Waals surface area (Å²) in [7, 11) is -10.4. The average molecular weight is 1010 g/mol. The van der Waals surface area contributed by atoms with Gasteiger partial charge in [0.25, 0.3) is 0 Å². The Balaban J connectivity index is 1.42. The Morgan fingerprint density at radius 2 is 0.942 bits per heavy atom. The monoisotopic (exact) mass is 1010 g/mol. The molecule has 0 atom stereocenters. The molecule has 0 N–H and O–H groups in total. The van der Waals surface area contributed by atoms with E-state index in [0.29, 0.717) is 50.3 Å². The van der Waals surface area contributed by atoms with Gasteiger partial charge >= 0.3 is 33.6 Å². The molecule has 0 saturated heterocycles. The second-order valence-corrected chi connectivity index (χ2v) is 31.2. The summed E-state index contributed by atoms with van der Waals surface area (Å²) in [6.07, 6.45) is -7.98. The second kappa shape index (κ2) is 15.9. The van der Waals surface area contributed by atoms with Crippen LogP contribution in [0.3, 0.4) is 0 Å². The van der Waals surface area contributed by atoms with Crippen molar-refractivity contribution in [1.29, 1.82) is 0 Å². The third kappa shape index (κ3) is 8.05. The zero-order valence-corrected chi connectivity index (χ0v) is 41.2. The van der Waals surface area contributed by atoms with Crippen molar-refractivity contribution in [2.45, 2.75) is 77.8 Å². The SMILES string of the molecule is Cc1ccc2c(c1)/C1=N/c3c4ccc(C)cc4c4n3[Si](O[Si](C)(C)C)(O[Si](C)(C)C)n3/c(c5ccc(OCC(F)(F)C(F)F)cc5/c3=N/C2=N1)=N\C1=NC(=N\4)/c2ccc(OCC(F)(F)C(F)F)cc21. The van der Waals surface area contributed by atoms with Gasteiger partial charge in [0.2, 0.25) is 0 Å². The van der Waals surface area contributed by atoms with Gasteiger partial charge in [-0.3, -0.25) is 8.47 Å². The zero-order valence-electron chi connectivity index (χ0n) is 38.2. The lowest BCUT2D eigenvalue weighted by Crippen LogP contribution is -2.69. The molecule has 6 bridgehead atoms. The number of amidine groups is 4. The normalized spacial score (nSPS) is 18.6. The summed E-state index contributed by atoms with van der Waals surface area (Å²) in [6, 6.07) is 20.0. The predicted molar refractivity (Wildman–Crippen MR) is 252 cm³/mol. The summed E-state index contributed by atoms with van der Waals surface area (Å²) >= 11 is 0. The predicted octanol–water partition coefficient (Wildman–Crippen LogP) is 10.2. The van der Waals surface area contributed by atoms with E-state index in [1.54, 1.807) is 4.23 Å². The third-order valence-electron chi connectivity index (χ3n) is 11.3. The van der Waals surface area contributed by atoms with Gasteiger partial charge in [-0.2, -0.15) is 17.6 Å². The number of rotatable bonds is 12. The van der Waals surface area contributed by atoms with Crippen LogP contribution in [0.25, 0.3) is 21.5 Å². The van der Waals surface area contributed by atoms with Crippen LogP contribution in [-0.2, 0) is 8.23 Å². The lowest BCUT2D eigenvalue weighted by Gasteiger charge is -2.41. The fraction of sp³-hybridized carbons (Fsp3) is 0.304. The Bertz CT molecular complexity index is 3430. The maximum Gasteiger partial charge on any atom is 0.582 e. The highest BCUT2D eigenvalue weighted by Crippen LogP contribution is 2.45. The van der Waals surface area contributed by atoms with Gasteiger partial charge in [0.1, 0.15) is 34.1 Å². The number of fused-ring (bicyclic) bond motifs is 14. The van der Waals surface area contributed by atoms with E-state index in [2.05, 4.69) is 0 Å². The molecule has 0 saturated carbocycles. The van der Waals surface area contributed by atoms with E-state index < -0.39 is 63.4 Å². The van der Waals surface area contributed by atoms with E-state index >= 15 is 0 Å². The summed E-state index contributed by atoms with van der Waals surface area (Å²) in [6.45, 7) is 12.6. The molecular weight excluding hydrogens is 965 g/mol. The second-order valence-electron chi connectivity index (χ2n) is 19.1. The van der Waals surface area contributed by atoms with Gasteiger partial charge in [0.15, 0.2) is 53.2 Å².